The Morgan fingerprint density at radius 3 is 2.35 bits per heavy atom. The molecule has 96 valence electrons. The van der Waals surface area contributed by atoms with E-state index in [0.717, 1.165) is 12.0 Å². The van der Waals surface area contributed by atoms with Gasteiger partial charge in [-0.3, -0.25) is 9.87 Å². The maximum Gasteiger partial charge on any atom is 0.281 e. The Balaban J connectivity index is 2.58. The molecular formula is C12H19NO3S. The molecule has 0 fully saturated rings. The van der Waals surface area contributed by atoms with Crippen molar-refractivity contribution in [2.24, 2.45) is 0 Å². The predicted molar refractivity (Wildman–Crippen MR) is 68.4 cm³/mol. The van der Waals surface area contributed by atoms with Gasteiger partial charge in [-0.1, -0.05) is 37.3 Å². The van der Waals surface area contributed by atoms with Crippen molar-refractivity contribution in [3.8, 4) is 0 Å². The summed E-state index contributed by atoms with van der Waals surface area (Å²) in [6, 6.07) is 9.81. The number of benzene rings is 1. The van der Waals surface area contributed by atoms with E-state index in [4.69, 9.17) is 4.55 Å². The lowest BCUT2D eigenvalue weighted by molar-refractivity contribution is 0.424. The third-order valence-corrected chi connectivity index (χ3v) is 3.77. The second-order valence-electron chi connectivity index (χ2n) is 4.17. The van der Waals surface area contributed by atoms with Gasteiger partial charge >= 0.3 is 0 Å². The van der Waals surface area contributed by atoms with Crippen molar-refractivity contribution in [3.63, 3.8) is 0 Å². The molecule has 0 bridgehead atoms. The highest BCUT2D eigenvalue weighted by Gasteiger charge is 2.22. The van der Waals surface area contributed by atoms with Gasteiger partial charge in [-0.25, -0.2) is 0 Å². The van der Waals surface area contributed by atoms with Gasteiger partial charge in [-0.2, -0.15) is 8.42 Å². The molecule has 1 aromatic rings. The summed E-state index contributed by atoms with van der Waals surface area (Å²) < 4.78 is 31.1. The lowest BCUT2D eigenvalue weighted by Crippen LogP contribution is -2.42. The van der Waals surface area contributed by atoms with Crippen molar-refractivity contribution in [1.82, 2.24) is 5.32 Å². The zero-order valence-corrected chi connectivity index (χ0v) is 10.9. The van der Waals surface area contributed by atoms with Crippen LogP contribution in [0.2, 0.25) is 0 Å². The van der Waals surface area contributed by atoms with E-state index in [9.17, 15) is 8.42 Å². The fraction of sp³-hybridized carbons (Fsp3) is 0.500. The molecule has 5 heteroatoms. The average Bonchev–Trinajstić information content (AvgIpc) is 2.25. The maximum atomic E-state index is 11.0. The van der Waals surface area contributed by atoms with Crippen molar-refractivity contribution in [1.29, 1.82) is 0 Å². The zero-order chi connectivity index (χ0) is 12.9. The van der Waals surface area contributed by atoms with E-state index in [0.29, 0.717) is 6.42 Å². The zero-order valence-electron chi connectivity index (χ0n) is 10.1. The number of nitrogens with one attached hydrogen (secondary N) is 1. The molecule has 2 unspecified atom stereocenters. The Morgan fingerprint density at radius 2 is 1.88 bits per heavy atom. The summed E-state index contributed by atoms with van der Waals surface area (Å²) in [4.78, 5) is 0. The summed E-state index contributed by atoms with van der Waals surface area (Å²) in [5.41, 5.74) is 1.14. The molecule has 0 spiro atoms. The molecule has 0 saturated heterocycles. The van der Waals surface area contributed by atoms with Crippen molar-refractivity contribution in [2.75, 3.05) is 0 Å². The molecule has 0 aromatic heterocycles. The highest BCUT2D eigenvalue weighted by Crippen LogP contribution is 2.06. The summed E-state index contributed by atoms with van der Waals surface area (Å²) in [6.07, 6.45) is 1.07. The Hall–Kier alpha value is -0.910. The maximum absolute atomic E-state index is 11.0. The minimum absolute atomic E-state index is 0.00993. The normalized spacial score (nSPS) is 15.5. The molecule has 0 radical (unpaired) electrons. The average molecular weight is 257 g/mol. The largest absolute Gasteiger partial charge is 0.296 e. The van der Waals surface area contributed by atoms with Crippen molar-refractivity contribution in [3.05, 3.63) is 35.9 Å². The van der Waals surface area contributed by atoms with Gasteiger partial charge in [0.2, 0.25) is 0 Å². The molecule has 4 nitrogen and oxygen atoms in total. The van der Waals surface area contributed by atoms with Gasteiger partial charge < -0.3 is 0 Å². The van der Waals surface area contributed by atoms with Crippen LogP contribution in [0.5, 0.6) is 0 Å². The fourth-order valence-electron chi connectivity index (χ4n) is 1.76. The third kappa shape index (κ3) is 4.85. The van der Waals surface area contributed by atoms with Crippen LogP contribution in [0.1, 0.15) is 25.8 Å². The van der Waals surface area contributed by atoms with E-state index in [1.54, 1.807) is 6.92 Å². The molecule has 1 rings (SSSR count). The van der Waals surface area contributed by atoms with Gasteiger partial charge in [0.05, 0.1) is 0 Å². The van der Waals surface area contributed by atoms with E-state index >= 15 is 0 Å². The van der Waals surface area contributed by atoms with Crippen LogP contribution in [0.15, 0.2) is 30.3 Å². The highest BCUT2D eigenvalue weighted by molar-refractivity contribution is 7.86. The van der Waals surface area contributed by atoms with E-state index in [2.05, 4.69) is 5.32 Å². The summed E-state index contributed by atoms with van der Waals surface area (Å²) >= 11 is 0. The van der Waals surface area contributed by atoms with Gasteiger partial charge in [0.1, 0.15) is 5.37 Å². The van der Waals surface area contributed by atoms with Crippen LogP contribution in [0.4, 0.5) is 0 Å². The van der Waals surface area contributed by atoms with Crippen molar-refractivity contribution < 1.29 is 13.0 Å². The first-order valence-electron chi connectivity index (χ1n) is 5.69. The second-order valence-corrected chi connectivity index (χ2v) is 5.77. The van der Waals surface area contributed by atoms with Gasteiger partial charge in [-0.05, 0) is 25.3 Å². The van der Waals surface area contributed by atoms with Gasteiger partial charge in [0, 0.05) is 6.04 Å². The van der Waals surface area contributed by atoms with Crippen LogP contribution in [0, 0.1) is 0 Å². The predicted octanol–water partition coefficient (Wildman–Crippen LogP) is 1.83. The van der Waals surface area contributed by atoms with E-state index in [-0.39, 0.29) is 6.04 Å². The Labute approximate surface area is 103 Å². The number of hydrogen-bond donors (Lipinski definition) is 2. The van der Waals surface area contributed by atoms with Crippen molar-refractivity contribution in [2.45, 2.75) is 38.1 Å². The van der Waals surface area contributed by atoms with Crippen LogP contribution >= 0.6 is 0 Å². The number of rotatable bonds is 6. The van der Waals surface area contributed by atoms with E-state index < -0.39 is 15.5 Å². The molecule has 0 saturated carbocycles. The molecule has 0 aliphatic carbocycles. The SMILES string of the molecule is CCC(NC(C)Cc1ccccc1)S(=O)(=O)O. The fourth-order valence-corrected chi connectivity index (χ4v) is 2.58. The van der Waals surface area contributed by atoms with Gasteiger partial charge in [0.15, 0.2) is 0 Å². The van der Waals surface area contributed by atoms with Crippen LogP contribution < -0.4 is 5.32 Å². The minimum Gasteiger partial charge on any atom is -0.296 e. The van der Waals surface area contributed by atoms with Gasteiger partial charge in [0.25, 0.3) is 10.1 Å². The van der Waals surface area contributed by atoms with E-state index in [1.165, 1.54) is 0 Å². The molecule has 17 heavy (non-hydrogen) atoms. The lowest BCUT2D eigenvalue weighted by Gasteiger charge is -2.19. The molecule has 2 atom stereocenters. The monoisotopic (exact) mass is 257 g/mol. The van der Waals surface area contributed by atoms with E-state index in [1.807, 2.05) is 37.3 Å². The molecule has 0 aliphatic rings. The Morgan fingerprint density at radius 1 is 1.29 bits per heavy atom. The first kappa shape index (κ1) is 14.2. The Kier molecular flexibility index (Phi) is 5.11. The summed E-state index contributed by atoms with van der Waals surface area (Å²) in [6.45, 7) is 3.63. The standard InChI is InChI=1S/C12H19NO3S/c1-3-12(17(14,15)16)13-10(2)9-11-7-5-4-6-8-11/h4-8,10,12-13H,3,9H2,1-2H3,(H,14,15,16). The third-order valence-electron chi connectivity index (χ3n) is 2.59. The molecular weight excluding hydrogens is 238 g/mol. The molecule has 0 amide bonds. The Bertz CT molecular complexity index is 430. The van der Waals surface area contributed by atoms with Crippen molar-refractivity contribution >= 4 is 10.1 Å². The second kappa shape index (κ2) is 6.14. The number of hydrogen-bond acceptors (Lipinski definition) is 3. The summed E-state index contributed by atoms with van der Waals surface area (Å²) in [5, 5.41) is 2.03. The first-order valence-corrected chi connectivity index (χ1v) is 7.20. The molecule has 1 aromatic carbocycles. The smallest absolute Gasteiger partial charge is 0.281 e. The topological polar surface area (TPSA) is 66.4 Å². The lowest BCUT2D eigenvalue weighted by atomic mass is 10.1. The molecule has 0 heterocycles. The minimum atomic E-state index is -4.01. The van der Waals surface area contributed by atoms with Crippen LogP contribution in [-0.4, -0.2) is 24.4 Å². The van der Waals surface area contributed by atoms with Gasteiger partial charge in [-0.15, -0.1) is 0 Å². The molecule has 2 N–H and O–H groups in total. The summed E-state index contributed by atoms with van der Waals surface area (Å²) in [7, 11) is -4.01. The first-order chi connectivity index (χ1) is 7.93. The highest BCUT2D eigenvalue weighted by atomic mass is 32.2. The summed E-state index contributed by atoms with van der Waals surface area (Å²) in [5.74, 6) is 0. The quantitative estimate of drug-likeness (QED) is 0.763. The van der Waals surface area contributed by atoms with Crippen LogP contribution in [0.3, 0.4) is 0 Å². The van der Waals surface area contributed by atoms with Crippen LogP contribution in [0.25, 0.3) is 0 Å². The molecule has 0 aliphatic heterocycles. The van der Waals surface area contributed by atoms with Crippen LogP contribution in [-0.2, 0) is 16.5 Å².